The van der Waals surface area contributed by atoms with Crippen molar-refractivity contribution in [1.29, 1.82) is 0 Å². The monoisotopic (exact) mass is 305 g/mol. The van der Waals surface area contributed by atoms with Gasteiger partial charge in [0.05, 0.1) is 5.56 Å². The van der Waals surface area contributed by atoms with Crippen LogP contribution in [0.3, 0.4) is 0 Å². The Kier molecular flexibility index (Phi) is 6.20. The van der Waals surface area contributed by atoms with E-state index in [0.29, 0.717) is 11.6 Å². The third kappa shape index (κ3) is 4.43. The zero-order valence-electron chi connectivity index (χ0n) is 13.0. The topological polar surface area (TPSA) is 3.24 Å². The van der Waals surface area contributed by atoms with Gasteiger partial charge in [-0.25, -0.2) is 4.39 Å². The van der Waals surface area contributed by atoms with Gasteiger partial charge in [-0.1, -0.05) is 19.9 Å². The normalized spacial score (nSPS) is 15.3. The summed E-state index contributed by atoms with van der Waals surface area (Å²) in [6.45, 7) is 8.76. The molecule has 2 atom stereocenters. The van der Waals surface area contributed by atoms with Crippen LogP contribution in [0.15, 0.2) is 18.2 Å². The number of hydrogen-bond acceptors (Lipinski definition) is 1. The first-order chi connectivity index (χ1) is 9.72. The Balaban J connectivity index is 3.08. The molecule has 0 amide bonds. The molecule has 0 spiro atoms. The standard InChI is InChI=1S/C16H23F4N/c1-5-9-21(11(3)6-2)12(4)14-8-7-13(10-15(14)17)16(18,19)20/h7-8,10-12H,5-6,9H2,1-4H3/t11-,12?/m0/s1. The average molecular weight is 305 g/mol. The van der Waals surface area contributed by atoms with Crippen LogP contribution in [0.4, 0.5) is 17.6 Å². The minimum absolute atomic E-state index is 0.248. The predicted molar refractivity (Wildman–Crippen MR) is 76.6 cm³/mol. The average Bonchev–Trinajstić information content (AvgIpc) is 2.42. The number of benzene rings is 1. The summed E-state index contributed by atoms with van der Waals surface area (Å²) in [6.07, 6.45) is -2.69. The second kappa shape index (κ2) is 7.25. The van der Waals surface area contributed by atoms with Crippen molar-refractivity contribution in [1.82, 2.24) is 4.90 Å². The summed E-state index contributed by atoms with van der Waals surface area (Å²) in [5, 5.41) is 0. The molecule has 1 aromatic carbocycles. The van der Waals surface area contributed by atoms with E-state index in [1.54, 1.807) is 0 Å². The molecule has 0 saturated heterocycles. The molecule has 0 fully saturated rings. The molecule has 0 N–H and O–H groups in total. The second-order valence-electron chi connectivity index (χ2n) is 5.41. The molecule has 1 rings (SSSR count). The predicted octanol–water partition coefficient (Wildman–Crippen LogP) is 5.42. The van der Waals surface area contributed by atoms with E-state index in [9.17, 15) is 17.6 Å². The molecule has 21 heavy (non-hydrogen) atoms. The van der Waals surface area contributed by atoms with Gasteiger partial charge in [0.2, 0.25) is 0 Å². The maximum absolute atomic E-state index is 14.1. The van der Waals surface area contributed by atoms with Crippen LogP contribution >= 0.6 is 0 Å². The lowest BCUT2D eigenvalue weighted by molar-refractivity contribution is -0.137. The molecule has 0 aliphatic rings. The minimum Gasteiger partial charge on any atom is -0.294 e. The second-order valence-corrected chi connectivity index (χ2v) is 5.41. The van der Waals surface area contributed by atoms with Crippen molar-refractivity contribution in [2.24, 2.45) is 0 Å². The summed E-state index contributed by atoms with van der Waals surface area (Å²) in [5.74, 6) is -0.790. The molecule has 0 aromatic heterocycles. The van der Waals surface area contributed by atoms with Crippen LogP contribution in [0.25, 0.3) is 0 Å². The van der Waals surface area contributed by atoms with E-state index in [1.165, 1.54) is 6.07 Å². The minimum atomic E-state index is -4.51. The summed E-state index contributed by atoms with van der Waals surface area (Å²) in [5.41, 5.74) is -0.627. The maximum Gasteiger partial charge on any atom is 0.416 e. The van der Waals surface area contributed by atoms with Crippen molar-refractivity contribution in [2.75, 3.05) is 6.54 Å². The Morgan fingerprint density at radius 1 is 1.14 bits per heavy atom. The lowest BCUT2D eigenvalue weighted by Crippen LogP contribution is -2.36. The number of alkyl halides is 3. The van der Waals surface area contributed by atoms with Crippen molar-refractivity contribution in [3.8, 4) is 0 Å². The SMILES string of the molecule is CCCN(C(C)c1ccc(C(F)(F)F)cc1F)[C@@H](C)CC. The highest BCUT2D eigenvalue weighted by molar-refractivity contribution is 5.28. The largest absolute Gasteiger partial charge is 0.416 e. The van der Waals surface area contributed by atoms with E-state index in [2.05, 4.69) is 4.90 Å². The molecule has 0 bridgehead atoms. The maximum atomic E-state index is 14.1. The van der Waals surface area contributed by atoms with Crippen molar-refractivity contribution in [2.45, 2.75) is 58.8 Å². The molecular formula is C16H23F4N. The third-order valence-electron chi connectivity index (χ3n) is 3.91. The Morgan fingerprint density at radius 2 is 1.76 bits per heavy atom. The van der Waals surface area contributed by atoms with Gasteiger partial charge in [-0.3, -0.25) is 4.90 Å². The van der Waals surface area contributed by atoms with Crippen LogP contribution in [0.2, 0.25) is 0 Å². The van der Waals surface area contributed by atoms with Gasteiger partial charge in [0, 0.05) is 17.6 Å². The Morgan fingerprint density at radius 3 is 2.19 bits per heavy atom. The Bertz CT molecular complexity index is 456. The van der Waals surface area contributed by atoms with Gasteiger partial charge in [0.1, 0.15) is 5.82 Å². The van der Waals surface area contributed by atoms with E-state index in [4.69, 9.17) is 0 Å². The van der Waals surface area contributed by atoms with Crippen molar-refractivity contribution in [3.63, 3.8) is 0 Å². The first-order valence-corrected chi connectivity index (χ1v) is 7.34. The fourth-order valence-electron chi connectivity index (χ4n) is 2.51. The molecule has 0 radical (unpaired) electrons. The summed E-state index contributed by atoms with van der Waals surface area (Å²) >= 11 is 0. The molecule has 0 aliphatic carbocycles. The van der Waals surface area contributed by atoms with Gasteiger partial charge in [0.25, 0.3) is 0 Å². The summed E-state index contributed by atoms with van der Waals surface area (Å²) < 4.78 is 51.8. The number of nitrogens with zero attached hydrogens (tertiary/aromatic N) is 1. The summed E-state index contributed by atoms with van der Waals surface area (Å²) in [4.78, 5) is 2.13. The van der Waals surface area contributed by atoms with E-state index >= 15 is 0 Å². The zero-order chi connectivity index (χ0) is 16.2. The van der Waals surface area contributed by atoms with E-state index in [0.717, 1.165) is 25.5 Å². The fourth-order valence-corrected chi connectivity index (χ4v) is 2.51. The van der Waals surface area contributed by atoms with Gasteiger partial charge in [-0.15, -0.1) is 0 Å². The van der Waals surface area contributed by atoms with Crippen molar-refractivity contribution < 1.29 is 17.6 Å². The molecule has 5 heteroatoms. The number of rotatable bonds is 6. The van der Waals surface area contributed by atoms with Crippen LogP contribution in [-0.2, 0) is 6.18 Å². The van der Waals surface area contributed by atoms with Crippen LogP contribution in [-0.4, -0.2) is 17.5 Å². The number of hydrogen-bond donors (Lipinski definition) is 0. The summed E-state index contributed by atoms with van der Waals surface area (Å²) in [7, 11) is 0. The quantitative estimate of drug-likeness (QED) is 0.635. The van der Waals surface area contributed by atoms with E-state index in [-0.39, 0.29) is 12.1 Å². The van der Waals surface area contributed by atoms with Crippen molar-refractivity contribution >= 4 is 0 Å². The van der Waals surface area contributed by atoms with Gasteiger partial charge in [-0.05, 0) is 45.4 Å². The Labute approximate surface area is 124 Å². The molecule has 120 valence electrons. The highest BCUT2D eigenvalue weighted by atomic mass is 19.4. The van der Waals surface area contributed by atoms with Crippen LogP contribution in [0, 0.1) is 5.82 Å². The first-order valence-electron chi connectivity index (χ1n) is 7.34. The van der Waals surface area contributed by atoms with Gasteiger partial charge < -0.3 is 0 Å². The lowest BCUT2D eigenvalue weighted by Gasteiger charge is -2.34. The van der Waals surface area contributed by atoms with Crippen LogP contribution in [0.1, 0.15) is 57.7 Å². The molecule has 0 heterocycles. The smallest absolute Gasteiger partial charge is 0.294 e. The molecule has 1 nitrogen and oxygen atoms in total. The van der Waals surface area contributed by atoms with Crippen LogP contribution in [0.5, 0.6) is 0 Å². The molecule has 1 aromatic rings. The van der Waals surface area contributed by atoms with E-state index in [1.807, 2.05) is 27.7 Å². The van der Waals surface area contributed by atoms with Gasteiger partial charge in [-0.2, -0.15) is 13.2 Å². The zero-order valence-corrected chi connectivity index (χ0v) is 13.0. The first kappa shape index (κ1) is 18.0. The lowest BCUT2D eigenvalue weighted by atomic mass is 10.0. The third-order valence-corrected chi connectivity index (χ3v) is 3.91. The van der Waals surface area contributed by atoms with Crippen molar-refractivity contribution in [3.05, 3.63) is 35.1 Å². The van der Waals surface area contributed by atoms with Gasteiger partial charge in [0.15, 0.2) is 0 Å². The molecule has 0 aliphatic heterocycles. The molecular weight excluding hydrogens is 282 g/mol. The number of halogens is 4. The fraction of sp³-hybridized carbons (Fsp3) is 0.625. The molecule has 0 saturated carbocycles. The van der Waals surface area contributed by atoms with Crippen LogP contribution < -0.4 is 0 Å². The Hall–Kier alpha value is -1.10. The molecule has 1 unspecified atom stereocenters. The van der Waals surface area contributed by atoms with E-state index < -0.39 is 17.6 Å². The highest BCUT2D eigenvalue weighted by Gasteiger charge is 2.32. The van der Waals surface area contributed by atoms with Gasteiger partial charge >= 0.3 is 6.18 Å². The highest BCUT2D eigenvalue weighted by Crippen LogP contribution is 2.33. The summed E-state index contributed by atoms with van der Waals surface area (Å²) in [6, 6.07) is 2.81.